The second-order valence-electron chi connectivity index (χ2n) is 6.41. The number of nitrogens with zero attached hydrogens (tertiary/aromatic N) is 5. The van der Waals surface area contributed by atoms with Crippen molar-refractivity contribution in [2.45, 2.75) is 26.4 Å². The summed E-state index contributed by atoms with van der Waals surface area (Å²) in [4.78, 5) is 2.29. The average Bonchev–Trinajstić information content (AvgIpc) is 3.02. The number of aryl methyl sites for hydroxylation is 1. The number of hydrogen-bond donors (Lipinski definition) is 1. The first-order valence-electron chi connectivity index (χ1n) is 8.45. The van der Waals surface area contributed by atoms with Gasteiger partial charge in [-0.15, -0.1) is 10.2 Å². The van der Waals surface area contributed by atoms with Crippen LogP contribution in [0.25, 0.3) is 5.82 Å². The Labute approximate surface area is 148 Å². The summed E-state index contributed by atoms with van der Waals surface area (Å²) in [6.45, 7) is 5.94. The molecule has 0 amide bonds. The quantitative estimate of drug-likeness (QED) is 0.719. The summed E-state index contributed by atoms with van der Waals surface area (Å²) in [7, 11) is 2.13. The fourth-order valence-electron chi connectivity index (χ4n) is 2.79. The molecule has 1 aromatic carbocycles. The molecule has 3 aromatic rings. The molecule has 1 atom stereocenters. The second kappa shape index (κ2) is 7.90. The summed E-state index contributed by atoms with van der Waals surface area (Å²) in [5.41, 5.74) is 2.27. The van der Waals surface area contributed by atoms with E-state index in [9.17, 15) is 0 Å². The Bertz CT molecular complexity index is 781. The molecule has 0 aliphatic heterocycles. The van der Waals surface area contributed by atoms with E-state index in [2.05, 4.69) is 63.7 Å². The maximum absolute atomic E-state index is 4.34. The van der Waals surface area contributed by atoms with E-state index in [1.807, 2.05) is 37.4 Å². The van der Waals surface area contributed by atoms with Crippen LogP contribution in [0.1, 0.15) is 18.2 Å². The van der Waals surface area contributed by atoms with Crippen molar-refractivity contribution in [1.82, 2.24) is 24.9 Å². The zero-order valence-corrected chi connectivity index (χ0v) is 14.9. The molecule has 0 fully saturated rings. The van der Waals surface area contributed by atoms with Gasteiger partial charge in [0.2, 0.25) is 0 Å². The molecule has 0 saturated carbocycles. The van der Waals surface area contributed by atoms with Crippen LogP contribution in [0.4, 0.5) is 5.82 Å². The molecule has 0 spiro atoms. The van der Waals surface area contributed by atoms with Gasteiger partial charge in [0.1, 0.15) is 5.82 Å². The molecule has 0 saturated heterocycles. The number of likely N-dealkylation sites (N-methyl/N-ethyl adjacent to an activating group) is 1. The second-order valence-corrected chi connectivity index (χ2v) is 6.41. The van der Waals surface area contributed by atoms with Gasteiger partial charge < -0.3 is 10.2 Å². The molecule has 0 radical (unpaired) electrons. The van der Waals surface area contributed by atoms with E-state index in [-0.39, 0.29) is 6.04 Å². The highest BCUT2D eigenvalue weighted by Crippen LogP contribution is 2.09. The lowest BCUT2D eigenvalue weighted by atomic mass is 10.2. The van der Waals surface area contributed by atoms with Crippen LogP contribution < -0.4 is 5.32 Å². The predicted octanol–water partition coefficient (Wildman–Crippen LogP) is 2.90. The number of anilines is 1. The maximum Gasteiger partial charge on any atom is 0.175 e. The third kappa shape index (κ3) is 4.87. The Hall–Kier alpha value is -2.73. The number of nitrogens with one attached hydrogen (secondary N) is 1. The standard InChI is InChI=1S/C19H24N6/c1-15-11-12-25(23-15)19-10-9-18(21-22-19)20-16(2)13-24(3)14-17-7-5-4-6-8-17/h4-12,16H,13-14H2,1-3H3,(H,20,21). The zero-order valence-electron chi connectivity index (χ0n) is 14.9. The minimum Gasteiger partial charge on any atom is -0.365 e. The molecule has 0 bridgehead atoms. The fourth-order valence-corrected chi connectivity index (χ4v) is 2.79. The van der Waals surface area contributed by atoms with Crippen molar-refractivity contribution >= 4 is 5.82 Å². The summed E-state index contributed by atoms with van der Waals surface area (Å²) in [5.74, 6) is 1.49. The molecule has 6 nitrogen and oxygen atoms in total. The van der Waals surface area contributed by atoms with Crippen LogP contribution in [0.2, 0.25) is 0 Å². The van der Waals surface area contributed by atoms with Crippen molar-refractivity contribution < 1.29 is 0 Å². The van der Waals surface area contributed by atoms with Crippen molar-refractivity contribution in [3.8, 4) is 5.82 Å². The van der Waals surface area contributed by atoms with Gasteiger partial charge in [-0.25, -0.2) is 4.68 Å². The van der Waals surface area contributed by atoms with Gasteiger partial charge in [-0.05, 0) is 44.7 Å². The summed E-state index contributed by atoms with van der Waals surface area (Å²) in [5, 5.41) is 16.2. The molecule has 1 N–H and O–H groups in total. The highest BCUT2D eigenvalue weighted by Gasteiger charge is 2.08. The van der Waals surface area contributed by atoms with Crippen molar-refractivity contribution in [2.24, 2.45) is 0 Å². The van der Waals surface area contributed by atoms with Gasteiger partial charge in [0.05, 0.1) is 5.69 Å². The Morgan fingerprint density at radius 2 is 1.88 bits per heavy atom. The number of aromatic nitrogens is 4. The lowest BCUT2D eigenvalue weighted by Crippen LogP contribution is -2.32. The molecule has 2 aromatic heterocycles. The van der Waals surface area contributed by atoms with E-state index in [1.54, 1.807) is 4.68 Å². The number of benzene rings is 1. The number of rotatable bonds is 7. The van der Waals surface area contributed by atoms with Gasteiger partial charge in [-0.3, -0.25) is 0 Å². The minimum absolute atomic E-state index is 0.265. The van der Waals surface area contributed by atoms with Crippen LogP contribution in [0, 0.1) is 6.92 Å². The number of hydrogen-bond acceptors (Lipinski definition) is 5. The first-order valence-corrected chi connectivity index (χ1v) is 8.45. The van der Waals surface area contributed by atoms with Gasteiger partial charge in [0.25, 0.3) is 0 Å². The lowest BCUT2D eigenvalue weighted by Gasteiger charge is -2.22. The van der Waals surface area contributed by atoms with Crippen molar-refractivity contribution in [3.05, 3.63) is 66.0 Å². The van der Waals surface area contributed by atoms with Crippen molar-refractivity contribution in [3.63, 3.8) is 0 Å². The Morgan fingerprint density at radius 1 is 1.08 bits per heavy atom. The van der Waals surface area contributed by atoms with E-state index in [0.29, 0.717) is 5.82 Å². The third-order valence-corrected chi connectivity index (χ3v) is 3.88. The molecule has 25 heavy (non-hydrogen) atoms. The molecular weight excluding hydrogens is 312 g/mol. The van der Waals surface area contributed by atoms with Crippen LogP contribution in [-0.4, -0.2) is 44.5 Å². The van der Waals surface area contributed by atoms with Crippen LogP contribution in [0.3, 0.4) is 0 Å². The maximum atomic E-state index is 4.34. The fraction of sp³-hybridized carbons (Fsp3) is 0.316. The van der Waals surface area contributed by atoms with Crippen molar-refractivity contribution in [1.29, 1.82) is 0 Å². The largest absolute Gasteiger partial charge is 0.365 e. The third-order valence-electron chi connectivity index (χ3n) is 3.88. The monoisotopic (exact) mass is 336 g/mol. The molecule has 6 heteroatoms. The predicted molar refractivity (Wildman–Crippen MR) is 99.8 cm³/mol. The van der Waals surface area contributed by atoms with Gasteiger partial charge in [0.15, 0.2) is 5.82 Å². The molecule has 3 rings (SSSR count). The van der Waals surface area contributed by atoms with Gasteiger partial charge in [-0.2, -0.15) is 5.10 Å². The van der Waals surface area contributed by atoms with E-state index >= 15 is 0 Å². The lowest BCUT2D eigenvalue weighted by molar-refractivity contribution is 0.316. The summed E-state index contributed by atoms with van der Waals surface area (Å²) < 4.78 is 1.73. The minimum atomic E-state index is 0.265. The topological polar surface area (TPSA) is 58.9 Å². The molecule has 130 valence electrons. The van der Waals surface area contributed by atoms with E-state index in [4.69, 9.17) is 0 Å². The van der Waals surface area contributed by atoms with Crippen LogP contribution in [0.5, 0.6) is 0 Å². The highest BCUT2D eigenvalue weighted by atomic mass is 15.3. The van der Waals surface area contributed by atoms with Crippen LogP contribution >= 0.6 is 0 Å². The highest BCUT2D eigenvalue weighted by molar-refractivity contribution is 5.37. The van der Waals surface area contributed by atoms with Gasteiger partial charge >= 0.3 is 0 Å². The zero-order chi connectivity index (χ0) is 17.6. The van der Waals surface area contributed by atoms with E-state index in [1.165, 1.54) is 5.56 Å². The van der Waals surface area contributed by atoms with Gasteiger partial charge in [-0.1, -0.05) is 30.3 Å². The molecule has 0 aliphatic rings. The first kappa shape index (κ1) is 17.1. The van der Waals surface area contributed by atoms with E-state index in [0.717, 1.165) is 24.6 Å². The smallest absolute Gasteiger partial charge is 0.175 e. The molecule has 2 heterocycles. The SMILES string of the molecule is Cc1ccn(-c2ccc(NC(C)CN(C)Cc3ccccc3)nn2)n1. The summed E-state index contributed by atoms with van der Waals surface area (Å²) in [6, 6.07) is 16.5. The first-order chi connectivity index (χ1) is 12.1. The Kier molecular flexibility index (Phi) is 5.40. The summed E-state index contributed by atoms with van der Waals surface area (Å²) >= 11 is 0. The van der Waals surface area contributed by atoms with Crippen LogP contribution in [0.15, 0.2) is 54.7 Å². The molecule has 1 unspecified atom stereocenters. The Morgan fingerprint density at radius 3 is 2.52 bits per heavy atom. The molecule has 0 aliphatic carbocycles. The van der Waals surface area contributed by atoms with Crippen LogP contribution in [-0.2, 0) is 6.54 Å². The van der Waals surface area contributed by atoms with Crippen molar-refractivity contribution in [2.75, 3.05) is 18.9 Å². The summed E-state index contributed by atoms with van der Waals surface area (Å²) in [6.07, 6.45) is 1.88. The average molecular weight is 336 g/mol. The molecular formula is C19H24N6. The van der Waals surface area contributed by atoms with E-state index < -0.39 is 0 Å². The van der Waals surface area contributed by atoms with Gasteiger partial charge in [0, 0.05) is 25.3 Å². The normalized spacial score (nSPS) is 12.3. The Balaban J connectivity index is 1.53.